The number of anilines is 1. The number of carbonyl (C=O) groups is 1. The van der Waals surface area contributed by atoms with E-state index in [4.69, 9.17) is 15.2 Å². The fraction of sp³-hybridized carbons (Fsp3) is 0.158. The Kier molecular flexibility index (Phi) is 5.20. The summed E-state index contributed by atoms with van der Waals surface area (Å²) in [6.45, 7) is -0.329. The van der Waals surface area contributed by atoms with Crippen LogP contribution in [-0.2, 0) is 6.61 Å². The largest absolute Gasteiger partial charge is 0.493 e. The van der Waals surface area contributed by atoms with Gasteiger partial charge in [-0.05, 0) is 12.1 Å². The van der Waals surface area contributed by atoms with Gasteiger partial charge in [-0.1, -0.05) is 12.1 Å². The smallest absolute Gasteiger partial charge is 0.166 e. The summed E-state index contributed by atoms with van der Waals surface area (Å²) in [6.07, 6.45) is 2.44. The highest BCUT2D eigenvalue weighted by Gasteiger charge is 2.21. The second kappa shape index (κ2) is 7.55. The molecule has 0 aliphatic heterocycles. The van der Waals surface area contributed by atoms with Crippen LogP contribution in [0.25, 0.3) is 21.7 Å². The lowest BCUT2D eigenvalue weighted by molar-refractivity contribution is 0.112. The Bertz CT molecular complexity index is 939. The number of aliphatic hydroxyl groups excluding tert-OH is 1. The summed E-state index contributed by atoms with van der Waals surface area (Å²) in [4.78, 5) is 16.0. The van der Waals surface area contributed by atoms with Crippen molar-refractivity contribution in [1.29, 1.82) is 0 Å². The third kappa shape index (κ3) is 3.02. The van der Waals surface area contributed by atoms with E-state index in [0.29, 0.717) is 45.7 Å². The highest BCUT2D eigenvalue weighted by Crippen LogP contribution is 2.43. The first-order valence-corrected chi connectivity index (χ1v) is 8.66. The molecular formula is C19H18N2O4S. The fourth-order valence-electron chi connectivity index (χ4n) is 2.94. The summed E-state index contributed by atoms with van der Waals surface area (Å²) >= 11 is 1.51. The second-order valence-corrected chi connectivity index (χ2v) is 6.36. The predicted octanol–water partition coefficient (Wildman–Crippen LogP) is 3.38. The monoisotopic (exact) mass is 370 g/mol. The molecule has 1 aromatic heterocycles. The normalized spacial score (nSPS) is 10.6. The highest BCUT2D eigenvalue weighted by molar-refractivity contribution is 7.13. The Labute approximate surface area is 154 Å². The molecule has 26 heavy (non-hydrogen) atoms. The number of ether oxygens (including phenoxy) is 2. The van der Waals surface area contributed by atoms with Gasteiger partial charge in [-0.3, -0.25) is 4.79 Å². The van der Waals surface area contributed by atoms with Gasteiger partial charge in [0.25, 0.3) is 0 Å². The number of benzene rings is 2. The summed E-state index contributed by atoms with van der Waals surface area (Å²) in [7, 11) is 2.96. The van der Waals surface area contributed by atoms with Crippen molar-refractivity contribution < 1.29 is 19.4 Å². The van der Waals surface area contributed by atoms with Crippen LogP contribution in [0.1, 0.15) is 15.9 Å². The van der Waals surface area contributed by atoms with E-state index in [1.165, 1.54) is 25.6 Å². The summed E-state index contributed by atoms with van der Waals surface area (Å²) < 4.78 is 10.7. The molecule has 6 nitrogen and oxygen atoms in total. The molecule has 1 heterocycles. The topological polar surface area (TPSA) is 94.7 Å². The minimum absolute atomic E-state index is 0.329. The lowest BCUT2D eigenvalue weighted by atomic mass is 9.92. The second-order valence-electron chi connectivity index (χ2n) is 5.47. The average molecular weight is 370 g/mol. The Morgan fingerprint density at radius 1 is 1.27 bits per heavy atom. The maximum absolute atomic E-state index is 11.7. The van der Waals surface area contributed by atoms with Gasteiger partial charge in [-0.2, -0.15) is 0 Å². The van der Waals surface area contributed by atoms with Crippen LogP contribution < -0.4 is 15.2 Å². The number of carbonyl (C=O) groups excluding carboxylic acids is 1. The molecular weight excluding hydrogens is 352 g/mol. The molecule has 134 valence electrons. The fourth-order valence-corrected chi connectivity index (χ4v) is 3.58. The van der Waals surface area contributed by atoms with Crippen molar-refractivity contribution in [2.24, 2.45) is 0 Å². The van der Waals surface area contributed by atoms with E-state index in [1.807, 2.05) is 17.5 Å². The summed E-state index contributed by atoms with van der Waals surface area (Å²) in [5, 5.41) is 12.7. The third-order valence-electron chi connectivity index (χ3n) is 4.08. The molecule has 0 atom stereocenters. The molecule has 0 spiro atoms. The maximum atomic E-state index is 11.7. The molecule has 0 aliphatic rings. The van der Waals surface area contributed by atoms with E-state index in [-0.39, 0.29) is 6.61 Å². The van der Waals surface area contributed by atoms with Gasteiger partial charge in [0.1, 0.15) is 5.01 Å². The number of nitrogens with two attached hydrogens (primary N) is 1. The number of hydrogen-bond donors (Lipinski definition) is 2. The zero-order chi connectivity index (χ0) is 18.7. The van der Waals surface area contributed by atoms with Gasteiger partial charge >= 0.3 is 0 Å². The van der Waals surface area contributed by atoms with E-state index < -0.39 is 0 Å². The van der Waals surface area contributed by atoms with Crippen LogP contribution in [0.5, 0.6) is 11.5 Å². The minimum Gasteiger partial charge on any atom is -0.493 e. The SMILES string of the molecule is COc1cc(C=O)c(-c2ccc(-c3nccs3)cc2N)c(CO)c1OC. The van der Waals surface area contributed by atoms with Crippen molar-refractivity contribution in [2.45, 2.75) is 6.61 Å². The first-order chi connectivity index (χ1) is 12.6. The third-order valence-corrected chi connectivity index (χ3v) is 4.91. The molecule has 0 aliphatic carbocycles. The van der Waals surface area contributed by atoms with E-state index >= 15 is 0 Å². The van der Waals surface area contributed by atoms with Crippen molar-refractivity contribution in [3.63, 3.8) is 0 Å². The van der Waals surface area contributed by atoms with Crippen LogP contribution in [0, 0.1) is 0 Å². The molecule has 7 heteroatoms. The average Bonchev–Trinajstić information content (AvgIpc) is 3.21. The number of methoxy groups -OCH3 is 2. The number of nitrogens with zero attached hydrogens (tertiary/aromatic N) is 1. The van der Waals surface area contributed by atoms with E-state index in [9.17, 15) is 9.90 Å². The van der Waals surface area contributed by atoms with Crippen LogP contribution in [0.4, 0.5) is 5.69 Å². The number of hydrogen-bond acceptors (Lipinski definition) is 7. The Balaban J connectivity index is 2.24. The van der Waals surface area contributed by atoms with Crippen LogP contribution in [0.3, 0.4) is 0 Å². The van der Waals surface area contributed by atoms with Crippen molar-refractivity contribution in [3.05, 3.63) is 47.0 Å². The van der Waals surface area contributed by atoms with Crippen molar-refractivity contribution in [3.8, 4) is 33.2 Å². The maximum Gasteiger partial charge on any atom is 0.166 e. The molecule has 0 radical (unpaired) electrons. The number of aliphatic hydroxyl groups is 1. The van der Waals surface area contributed by atoms with Crippen molar-refractivity contribution in [1.82, 2.24) is 4.98 Å². The van der Waals surface area contributed by atoms with Crippen molar-refractivity contribution in [2.75, 3.05) is 20.0 Å². The summed E-state index contributed by atoms with van der Waals surface area (Å²) in [6, 6.07) is 7.09. The standard InChI is InChI=1S/C19H18N2O4S/c1-24-16-8-12(9-22)17(14(10-23)18(16)25-2)13-4-3-11(7-15(13)20)19-21-5-6-26-19/h3-9,23H,10,20H2,1-2H3. The van der Waals surface area contributed by atoms with E-state index in [2.05, 4.69) is 4.98 Å². The Hall–Kier alpha value is -2.90. The molecule has 0 unspecified atom stereocenters. The molecule has 3 N–H and O–H groups in total. The summed E-state index contributed by atoms with van der Waals surface area (Å²) in [5.74, 6) is 0.749. The van der Waals surface area contributed by atoms with Gasteiger partial charge in [-0.15, -0.1) is 11.3 Å². The lowest BCUT2D eigenvalue weighted by Gasteiger charge is -2.19. The zero-order valence-electron chi connectivity index (χ0n) is 14.4. The minimum atomic E-state index is -0.329. The quantitative estimate of drug-likeness (QED) is 0.510. The zero-order valence-corrected chi connectivity index (χ0v) is 15.2. The van der Waals surface area contributed by atoms with Gasteiger partial charge in [-0.25, -0.2) is 4.98 Å². The van der Waals surface area contributed by atoms with Crippen LogP contribution in [0.2, 0.25) is 0 Å². The van der Waals surface area contributed by atoms with Gasteiger partial charge in [0, 0.05) is 45.1 Å². The van der Waals surface area contributed by atoms with Gasteiger partial charge in [0.2, 0.25) is 0 Å². The number of rotatable bonds is 6. The van der Waals surface area contributed by atoms with Gasteiger partial charge < -0.3 is 20.3 Å². The van der Waals surface area contributed by atoms with Gasteiger partial charge in [0.05, 0.1) is 20.8 Å². The molecule has 0 bridgehead atoms. The molecule has 2 aromatic carbocycles. The van der Waals surface area contributed by atoms with E-state index in [1.54, 1.807) is 18.3 Å². The highest BCUT2D eigenvalue weighted by atomic mass is 32.1. The van der Waals surface area contributed by atoms with Crippen LogP contribution >= 0.6 is 11.3 Å². The molecule has 3 rings (SSSR count). The number of nitrogen functional groups attached to an aromatic ring is 1. The lowest BCUT2D eigenvalue weighted by Crippen LogP contribution is -2.04. The first-order valence-electron chi connectivity index (χ1n) is 7.78. The van der Waals surface area contributed by atoms with Crippen molar-refractivity contribution >= 4 is 23.3 Å². The molecule has 0 fully saturated rings. The first kappa shape index (κ1) is 17.9. The Morgan fingerprint density at radius 3 is 2.62 bits per heavy atom. The Morgan fingerprint density at radius 2 is 2.08 bits per heavy atom. The molecule has 0 saturated heterocycles. The molecule has 3 aromatic rings. The number of aldehydes is 1. The van der Waals surface area contributed by atoms with Crippen LogP contribution in [0.15, 0.2) is 35.8 Å². The van der Waals surface area contributed by atoms with Gasteiger partial charge in [0.15, 0.2) is 17.8 Å². The van der Waals surface area contributed by atoms with Crippen LogP contribution in [-0.4, -0.2) is 30.6 Å². The predicted molar refractivity (Wildman–Crippen MR) is 102 cm³/mol. The van der Waals surface area contributed by atoms with E-state index in [0.717, 1.165) is 10.6 Å². The summed E-state index contributed by atoms with van der Waals surface area (Å²) in [5.41, 5.74) is 9.62. The number of thiazole rings is 1. The molecule has 0 saturated carbocycles. The number of aromatic nitrogens is 1. The molecule has 0 amide bonds.